The molecule has 6 aromatic rings. The first-order chi connectivity index (χ1) is 20.3. The molecule has 0 aliphatic heterocycles. The maximum Gasteiger partial charge on any atom is 0.150 e. The van der Waals surface area contributed by atoms with Crippen LogP contribution >= 0.6 is 0 Å². The lowest BCUT2D eigenvalue weighted by Gasteiger charge is -2.44. The summed E-state index contributed by atoms with van der Waals surface area (Å²) in [6.07, 6.45) is 0. The van der Waals surface area contributed by atoms with Gasteiger partial charge in [0.25, 0.3) is 0 Å². The van der Waals surface area contributed by atoms with Gasteiger partial charge in [-0.25, -0.2) is 0 Å². The lowest BCUT2D eigenvalue weighted by Crippen LogP contribution is -2.73. The highest BCUT2D eigenvalue weighted by atomic mass is 28.3. The fraction of sp³-hybridized carbons (Fsp3) is 0.0769. The van der Waals surface area contributed by atoms with Crippen LogP contribution in [0.1, 0.15) is 6.92 Å². The van der Waals surface area contributed by atoms with Crippen LogP contribution in [0.15, 0.2) is 182 Å². The lowest BCUT2D eigenvalue weighted by molar-refractivity contribution is 1.01. The Morgan fingerprint density at radius 3 is 0.805 bits per heavy atom. The van der Waals surface area contributed by atoms with Crippen molar-refractivity contribution >= 4 is 47.3 Å². The van der Waals surface area contributed by atoms with Gasteiger partial charge in [-0.15, -0.1) is 0 Å². The molecule has 0 bridgehead atoms. The molecule has 0 heterocycles. The van der Waals surface area contributed by atoms with Crippen molar-refractivity contribution in [1.82, 2.24) is 0 Å². The van der Waals surface area contributed by atoms with Crippen LogP contribution < -0.4 is 31.1 Å². The first kappa shape index (κ1) is 26.9. The summed E-state index contributed by atoms with van der Waals surface area (Å²) in [5.74, 6) is 0. The predicted octanol–water partition coefficient (Wildman–Crippen LogP) is 5.72. The van der Waals surface area contributed by atoms with Crippen molar-refractivity contribution in [3.63, 3.8) is 0 Å². The van der Waals surface area contributed by atoms with Gasteiger partial charge in [0.2, 0.25) is 0 Å². The molecule has 6 rings (SSSR count). The second-order valence-electron chi connectivity index (χ2n) is 11.0. The third kappa shape index (κ3) is 4.95. The van der Waals surface area contributed by atoms with Gasteiger partial charge in [0.15, 0.2) is 8.07 Å². The Bertz CT molecular complexity index is 1440. The largest absolute Gasteiger partial charge is 0.150 e. The summed E-state index contributed by atoms with van der Waals surface area (Å²) in [5, 5.41) is 8.84. The van der Waals surface area contributed by atoms with E-state index in [0.29, 0.717) is 5.54 Å². The van der Waals surface area contributed by atoms with Crippen LogP contribution in [-0.4, -0.2) is 16.1 Å². The van der Waals surface area contributed by atoms with Crippen molar-refractivity contribution in [3.8, 4) is 0 Å². The molecule has 0 amide bonds. The average molecular weight is 561 g/mol. The quantitative estimate of drug-likeness (QED) is 0.157. The number of hydrogen-bond donors (Lipinski definition) is 0. The van der Waals surface area contributed by atoms with Crippen LogP contribution in [-0.2, 0) is 0 Å². The van der Waals surface area contributed by atoms with E-state index >= 15 is 0 Å². The van der Waals surface area contributed by atoms with Crippen molar-refractivity contribution < 1.29 is 0 Å². The molecule has 0 unspecified atom stereocenters. The standard InChI is InChI=1S/C39H36Si2/c1-33(41(37-26-14-5-15-27-37,38-28-16-6-17-29-38)39-30-18-7-19-31-39)32-40(34-20-8-2-9-21-34,35-22-10-3-11-23-35)36-24-12-4-13-25-36/h2-31,33H,32H2,1H3/t33-/m1/s1. The van der Waals surface area contributed by atoms with Gasteiger partial charge in [-0.1, -0.05) is 189 Å². The molecule has 0 radical (unpaired) electrons. The Morgan fingerprint density at radius 2 is 0.561 bits per heavy atom. The van der Waals surface area contributed by atoms with E-state index in [1.165, 1.54) is 31.1 Å². The van der Waals surface area contributed by atoms with Crippen LogP contribution in [0, 0.1) is 0 Å². The maximum absolute atomic E-state index is 2.55. The van der Waals surface area contributed by atoms with Crippen LogP contribution in [0.4, 0.5) is 0 Å². The average Bonchev–Trinajstić information content (AvgIpc) is 3.07. The summed E-state index contributed by atoms with van der Waals surface area (Å²) < 4.78 is 0. The van der Waals surface area contributed by atoms with E-state index in [9.17, 15) is 0 Å². The molecule has 41 heavy (non-hydrogen) atoms. The molecule has 0 spiro atoms. The summed E-state index contributed by atoms with van der Waals surface area (Å²) in [5.41, 5.74) is 0.405. The van der Waals surface area contributed by atoms with Crippen LogP contribution in [0.5, 0.6) is 0 Å². The smallest absolute Gasteiger partial charge is 0.0642 e. The van der Waals surface area contributed by atoms with E-state index in [1.54, 1.807) is 0 Å². The molecule has 0 aliphatic carbocycles. The molecule has 0 N–H and O–H groups in total. The van der Waals surface area contributed by atoms with Crippen molar-refractivity contribution in [1.29, 1.82) is 0 Å². The molecule has 0 saturated carbocycles. The van der Waals surface area contributed by atoms with Crippen molar-refractivity contribution in [3.05, 3.63) is 182 Å². The molecule has 0 nitrogen and oxygen atoms in total. The number of rotatable bonds is 9. The van der Waals surface area contributed by atoms with Gasteiger partial charge in [-0.2, -0.15) is 0 Å². The Balaban J connectivity index is 1.66. The molecular weight excluding hydrogens is 525 g/mol. The zero-order valence-electron chi connectivity index (χ0n) is 23.6. The van der Waals surface area contributed by atoms with Gasteiger partial charge >= 0.3 is 0 Å². The van der Waals surface area contributed by atoms with Gasteiger partial charge in [-0.05, 0) is 42.7 Å². The SMILES string of the molecule is C[C@H](C[Si](c1ccccc1)(c1ccccc1)c1ccccc1)[Si](c1ccccc1)(c1ccccc1)c1ccccc1. The summed E-state index contributed by atoms with van der Waals surface area (Å²) in [7, 11) is -4.96. The van der Waals surface area contributed by atoms with Crippen LogP contribution in [0.25, 0.3) is 0 Å². The first-order valence-corrected chi connectivity index (χ1v) is 18.9. The Morgan fingerprint density at radius 1 is 0.341 bits per heavy atom. The molecule has 2 heteroatoms. The minimum atomic E-state index is -2.50. The van der Waals surface area contributed by atoms with Gasteiger partial charge in [0.05, 0.1) is 0 Å². The Kier molecular flexibility index (Phi) is 7.95. The molecule has 1 atom stereocenters. The van der Waals surface area contributed by atoms with E-state index in [-0.39, 0.29) is 0 Å². The molecule has 0 aromatic heterocycles. The topological polar surface area (TPSA) is 0 Å². The molecular formula is C39H36Si2. The predicted molar refractivity (Wildman–Crippen MR) is 182 cm³/mol. The van der Waals surface area contributed by atoms with Crippen molar-refractivity contribution in [2.45, 2.75) is 18.5 Å². The Hall–Kier alpha value is -4.25. The van der Waals surface area contributed by atoms with E-state index in [1.807, 2.05) is 0 Å². The molecule has 0 saturated heterocycles. The molecule has 6 aromatic carbocycles. The fourth-order valence-electron chi connectivity index (χ4n) is 7.09. The second-order valence-corrected chi connectivity index (χ2v) is 19.3. The van der Waals surface area contributed by atoms with Gasteiger partial charge in [0.1, 0.15) is 8.07 Å². The monoisotopic (exact) mass is 560 g/mol. The van der Waals surface area contributed by atoms with E-state index in [4.69, 9.17) is 0 Å². The number of benzene rings is 6. The molecule has 0 aliphatic rings. The minimum Gasteiger partial charge on any atom is -0.0642 e. The van der Waals surface area contributed by atoms with Gasteiger partial charge < -0.3 is 0 Å². The third-order valence-corrected chi connectivity index (χ3v) is 19.8. The zero-order valence-corrected chi connectivity index (χ0v) is 25.6. The first-order valence-electron chi connectivity index (χ1n) is 14.6. The summed E-state index contributed by atoms with van der Waals surface area (Å²) in [6.45, 7) is 2.55. The van der Waals surface area contributed by atoms with Gasteiger partial charge in [0, 0.05) is 0 Å². The van der Waals surface area contributed by atoms with E-state index in [2.05, 4.69) is 189 Å². The van der Waals surface area contributed by atoms with E-state index in [0.717, 1.165) is 6.04 Å². The minimum absolute atomic E-state index is 0.405. The highest BCUT2D eigenvalue weighted by Gasteiger charge is 2.49. The Labute approximate surface area is 247 Å². The third-order valence-electron chi connectivity index (χ3n) is 8.84. The highest BCUT2D eigenvalue weighted by Crippen LogP contribution is 2.31. The number of hydrogen-bond acceptors (Lipinski definition) is 0. The summed E-state index contributed by atoms with van der Waals surface area (Å²) >= 11 is 0. The maximum atomic E-state index is 2.55. The van der Waals surface area contributed by atoms with Crippen LogP contribution in [0.2, 0.25) is 11.6 Å². The lowest BCUT2D eigenvalue weighted by atomic mass is 10.3. The summed E-state index contributed by atoms with van der Waals surface area (Å²) in [6, 6.07) is 69.4. The highest BCUT2D eigenvalue weighted by molar-refractivity contribution is 7.16. The second kappa shape index (κ2) is 12.1. The molecule has 0 fully saturated rings. The summed E-state index contributed by atoms with van der Waals surface area (Å²) in [4.78, 5) is 0. The normalized spacial score (nSPS) is 12.5. The molecule has 200 valence electrons. The van der Waals surface area contributed by atoms with Crippen LogP contribution in [0.3, 0.4) is 0 Å². The van der Waals surface area contributed by atoms with Crippen molar-refractivity contribution in [2.75, 3.05) is 0 Å². The zero-order chi connectivity index (χ0) is 28.0. The van der Waals surface area contributed by atoms with Gasteiger partial charge in [-0.3, -0.25) is 0 Å². The van der Waals surface area contributed by atoms with Crippen molar-refractivity contribution in [2.24, 2.45) is 0 Å². The fourth-order valence-corrected chi connectivity index (χ4v) is 19.0. The van der Waals surface area contributed by atoms with E-state index < -0.39 is 16.1 Å².